The van der Waals surface area contributed by atoms with Crippen LogP contribution in [0.4, 0.5) is 0 Å². The SMILES string of the molecule is CC(NC(=O)CCc1ccc(C(C)(C)C)cc1)c1ccc(-n2ccnc2)cc1. The molecule has 0 aliphatic carbocycles. The Hall–Kier alpha value is -2.88. The van der Waals surface area contributed by atoms with E-state index in [1.165, 1.54) is 11.1 Å². The smallest absolute Gasteiger partial charge is 0.220 e. The maximum atomic E-state index is 12.4. The summed E-state index contributed by atoms with van der Waals surface area (Å²) in [6, 6.07) is 16.7. The van der Waals surface area contributed by atoms with Gasteiger partial charge in [0.1, 0.15) is 0 Å². The number of aromatic nitrogens is 2. The molecule has 1 atom stereocenters. The fraction of sp³-hybridized carbons (Fsp3) is 0.333. The van der Waals surface area contributed by atoms with Gasteiger partial charge in [-0.2, -0.15) is 0 Å². The molecule has 0 aliphatic heterocycles. The maximum Gasteiger partial charge on any atom is 0.220 e. The number of rotatable bonds is 6. The minimum absolute atomic E-state index is 0.0207. The van der Waals surface area contributed by atoms with Gasteiger partial charge in [0.05, 0.1) is 12.4 Å². The van der Waals surface area contributed by atoms with Gasteiger partial charge >= 0.3 is 0 Å². The summed E-state index contributed by atoms with van der Waals surface area (Å²) in [5, 5.41) is 3.10. The number of imidazole rings is 1. The van der Waals surface area contributed by atoms with Crippen LogP contribution < -0.4 is 5.32 Å². The van der Waals surface area contributed by atoms with Crippen molar-refractivity contribution in [2.75, 3.05) is 0 Å². The van der Waals surface area contributed by atoms with E-state index in [1.54, 1.807) is 12.5 Å². The van der Waals surface area contributed by atoms with Crippen molar-refractivity contribution in [3.63, 3.8) is 0 Å². The number of aryl methyl sites for hydroxylation is 1. The van der Waals surface area contributed by atoms with Gasteiger partial charge in [0.15, 0.2) is 0 Å². The molecule has 4 heteroatoms. The van der Waals surface area contributed by atoms with Gasteiger partial charge in [-0.3, -0.25) is 4.79 Å². The Kier molecular flexibility index (Phi) is 5.98. The zero-order valence-electron chi connectivity index (χ0n) is 17.1. The van der Waals surface area contributed by atoms with Crippen molar-refractivity contribution in [3.8, 4) is 5.69 Å². The summed E-state index contributed by atoms with van der Waals surface area (Å²) >= 11 is 0. The first-order valence-corrected chi connectivity index (χ1v) is 9.80. The molecule has 0 bridgehead atoms. The molecule has 1 heterocycles. The maximum absolute atomic E-state index is 12.4. The summed E-state index contributed by atoms with van der Waals surface area (Å²) in [5.74, 6) is 0.0751. The van der Waals surface area contributed by atoms with Crippen molar-refractivity contribution in [2.45, 2.75) is 52.0 Å². The number of hydrogen-bond donors (Lipinski definition) is 1. The van der Waals surface area contributed by atoms with Gasteiger partial charge in [-0.25, -0.2) is 4.98 Å². The zero-order valence-corrected chi connectivity index (χ0v) is 17.1. The Bertz CT molecular complexity index is 889. The third-order valence-electron chi connectivity index (χ3n) is 5.03. The summed E-state index contributed by atoms with van der Waals surface area (Å²) < 4.78 is 1.96. The van der Waals surface area contributed by atoms with Crippen LogP contribution in [0.1, 0.15) is 56.8 Å². The monoisotopic (exact) mass is 375 g/mol. The van der Waals surface area contributed by atoms with Crippen molar-refractivity contribution in [1.29, 1.82) is 0 Å². The number of nitrogens with one attached hydrogen (secondary N) is 1. The Balaban J connectivity index is 1.51. The first-order valence-electron chi connectivity index (χ1n) is 9.80. The standard InChI is InChI=1S/C24H29N3O/c1-18(20-8-12-22(13-9-20)27-16-15-25-17-27)26-23(28)14-7-19-5-10-21(11-6-19)24(2,3)4/h5-6,8-13,15-18H,7,14H2,1-4H3,(H,26,28). The van der Waals surface area contributed by atoms with Crippen LogP contribution in [0.3, 0.4) is 0 Å². The van der Waals surface area contributed by atoms with E-state index < -0.39 is 0 Å². The van der Waals surface area contributed by atoms with E-state index in [1.807, 2.05) is 42.0 Å². The van der Waals surface area contributed by atoms with Crippen LogP contribution in [-0.2, 0) is 16.6 Å². The number of nitrogens with zero attached hydrogens (tertiary/aromatic N) is 2. The molecule has 3 rings (SSSR count). The van der Waals surface area contributed by atoms with Crippen molar-refractivity contribution in [2.24, 2.45) is 0 Å². The molecular formula is C24H29N3O. The average molecular weight is 376 g/mol. The summed E-state index contributed by atoms with van der Waals surface area (Å²) in [6.45, 7) is 8.64. The van der Waals surface area contributed by atoms with Crippen molar-refractivity contribution in [3.05, 3.63) is 83.9 Å². The second-order valence-corrected chi connectivity index (χ2v) is 8.30. The predicted octanol–water partition coefficient (Wildman–Crippen LogP) is 4.98. The molecule has 3 aromatic rings. The Labute approximate surface area is 167 Å². The van der Waals surface area contributed by atoms with Crippen LogP contribution in [0.25, 0.3) is 5.69 Å². The van der Waals surface area contributed by atoms with Gasteiger partial charge in [-0.05, 0) is 47.6 Å². The van der Waals surface area contributed by atoms with E-state index >= 15 is 0 Å². The van der Waals surface area contributed by atoms with Gasteiger partial charge in [-0.15, -0.1) is 0 Å². The molecule has 1 unspecified atom stereocenters. The molecule has 0 aliphatic rings. The van der Waals surface area contributed by atoms with E-state index in [-0.39, 0.29) is 17.4 Å². The van der Waals surface area contributed by atoms with Crippen LogP contribution >= 0.6 is 0 Å². The van der Waals surface area contributed by atoms with Gasteiger partial charge in [0, 0.05) is 24.5 Å². The third-order valence-corrected chi connectivity index (χ3v) is 5.03. The molecule has 0 fully saturated rings. The summed E-state index contributed by atoms with van der Waals surface area (Å²) in [6.07, 6.45) is 6.69. The molecule has 0 saturated heterocycles. The lowest BCUT2D eigenvalue weighted by atomic mass is 9.86. The number of carbonyl (C=O) groups is 1. The van der Waals surface area contributed by atoms with Gasteiger partial charge in [0.25, 0.3) is 0 Å². The normalized spacial score (nSPS) is 12.6. The van der Waals surface area contributed by atoms with Gasteiger partial charge in [0.2, 0.25) is 5.91 Å². The van der Waals surface area contributed by atoms with Crippen LogP contribution in [0.2, 0.25) is 0 Å². The minimum Gasteiger partial charge on any atom is -0.350 e. The predicted molar refractivity (Wildman–Crippen MR) is 114 cm³/mol. The second-order valence-electron chi connectivity index (χ2n) is 8.30. The molecule has 0 spiro atoms. The van der Waals surface area contributed by atoms with E-state index in [2.05, 4.69) is 55.3 Å². The highest BCUT2D eigenvalue weighted by Gasteiger charge is 2.13. The highest BCUT2D eigenvalue weighted by atomic mass is 16.1. The molecule has 1 amide bonds. The Morgan fingerprint density at radius 3 is 2.32 bits per heavy atom. The fourth-order valence-electron chi connectivity index (χ4n) is 3.17. The van der Waals surface area contributed by atoms with E-state index in [0.29, 0.717) is 6.42 Å². The third kappa shape index (κ3) is 5.10. The fourth-order valence-corrected chi connectivity index (χ4v) is 3.17. The average Bonchev–Trinajstić information content (AvgIpc) is 3.21. The zero-order chi connectivity index (χ0) is 20.1. The van der Waals surface area contributed by atoms with Gasteiger partial charge in [-0.1, -0.05) is 57.2 Å². The van der Waals surface area contributed by atoms with Crippen molar-refractivity contribution >= 4 is 5.91 Å². The minimum atomic E-state index is -0.0207. The lowest BCUT2D eigenvalue weighted by Crippen LogP contribution is -2.26. The Morgan fingerprint density at radius 2 is 1.75 bits per heavy atom. The highest BCUT2D eigenvalue weighted by molar-refractivity contribution is 5.76. The topological polar surface area (TPSA) is 46.9 Å². The largest absolute Gasteiger partial charge is 0.350 e. The van der Waals surface area contributed by atoms with E-state index in [9.17, 15) is 4.79 Å². The highest BCUT2D eigenvalue weighted by Crippen LogP contribution is 2.22. The number of benzene rings is 2. The van der Waals surface area contributed by atoms with Crippen LogP contribution in [0.15, 0.2) is 67.3 Å². The summed E-state index contributed by atoms with van der Waals surface area (Å²) in [7, 11) is 0. The molecule has 4 nitrogen and oxygen atoms in total. The molecule has 28 heavy (non-hydrogen) atoms. The van der Waals surface area contributed by atoms with Crippen LogP contribution in [0, 0.1) is 0 Å². The number of carbonyl (C=O) groups excluding carboxylic acids is 1. The van der Waals surface area contributed by atoms with Crippen molar-refractivity contribution < 1.29 is 4.79 Å². The van der Waals surface area contributed by atoms with E-state index in [4.69, 9.17) is 0 Å². The quantitative estimate of drug-likeness (QED) is 0.660. The molecular weight excluding hydrogens is 346 g/mol. The number of hydrogen-bond acceptors (Lipinski definition) is 2. The Morgan fingerprint density at radius 1 is 1.07 bits per heavy atom. The van der Waals surface area contributed by atoms with Crippen molar-refractivity contribution in [1.82, 2.24) is 14.9 Å². The molecule has 2 aromatic carbocycles. The van der Waals surface area contributed by atoms with E-state index in [0.717, 1.165) is 17.7 Å². The first-order chi connectivity index (χ1) is 13.3. The number of amides is 1. The lowest BCUT2D eigenvalue weighted by Gasteiger charge is -2.19. The molecule has 1 N–H and O–H groups in total. The molecule has 0 radical (unpaired) electrons. The second kappa shape index (κ2) is 8.42. The van der Waals surface area contributed by atoms with Crippen LogP contribution in [-0.4, -0.2) is 15.5 Å². The van der Waals surface area contributed by atoms with Crippen LogP contribution in [0.5, 0.6) is 0 Å². The van der Waals surface area contributed by atoms with Gasteiger partial charge < -0.3 is 9.88 Å². The molecule has 146 valence electrons. The summed E-state index contributed by atoms with van der Waals surface area (Å²) in [5.41, 5.74) is 4.80. The first kappa shape index (κ1) is 19.9. The lowest BCUT2D eigenvalue weighted by molar-refractivity contribution is -0.121. The molecule has 1 aromatic heterocycles. The summed E-state index contributed by atoms with van der Waals surface area (Å²) in [4.78, 5) is 16.4. The molecule has 0 saturated carbocycles.